The summed E-state index contributed by atoms with van der Waals surface area (Å²) in [6.07, 6.45) is 3.00. The first-order valence-electron chi connectivity index (χ1n) is 7.93. The molecule has 0 unspecified atom stereocenters. The number of amides is 1. The number of likely N-dealkylation sites (tertiary alicyclic amines) is 1. The zero-order valence-corrected chi connectivity index (χ0v) is 14.0. The molecular formula is C16H21N3O3S. The summed E-state index contributed by atoms with van der Waals surface area (Å²) < 4.78 is 28.2. The van der Waals surface area contributed by atoms with Gasteiger partial charge in [-0.05, 0) is 30.9 Å². The molecule has 0 spiro atoms. The number of amidine groups is 1. The molecule has 1 amide bonds. The molecule has 23 heavy (non-hydrogen) atoms. The van der Waals surface area contributed by atoms with Gasteiger partial charge in [-0.2, -0.15) is 8.42 Å². The summed E-state index contributed by atoms with van der Waals surface area (Å²) in [6, 6.07) is 6.72. The highest BCUT2D eigenvalue weighted by Crippen LogP contribution is 2.28. The lowest BCUT2D eigenvalue weighted by molar-refractivity contribution is -0.130. The lowest BCUT2D eigenvalue weighted by Crippen LogP contribution is -2.30. The molecule has 1 fully saturated rings. The highest BCUT2D eigenvalue weighted by atomic mass is 32.2. The van der Waals surface area contributed by atoms with E-state index in [4.69, 9.17) is 0 Å². The van der Waals surface area contributed by atoms with Crippen LogP contribution in [-0.2, 0) is 14.8 Å². The first-order chi connectivity index (χ1) is 11.0. The minimum absolute atomic E-state index is 0.0369. The Hall–Kier alpha value is -1.89. The molecule has 0 bridgehead atoms. The van der Waals surface area contributed by atoms with Crippen LogP contribution in [-0.4, -0.2) is 38.2 Å². The quantitative estimate of drug-likeness (QED) is 0.915. The summed E-state index contributed by atoms with van der Waals surface area (Å²) >= 11 is 0. The van der Waals surface area contributed by atoms with E-state index in [1.807, 2.05) is 11.8 Å². The number of carbonyl (C=O) groups is 1. The van der Waals surface area contributed by atoms with E-state index in [9.17, 15) is 13.2 Å². The van der Waals surface area contributed by atoms with Gasteiger partial charge in [0.1, 0.15) is 10.7 Å². The van der Waals surface area contributed by atoms with Crippen LogP contribution in [0, 0.1) is 5.92 Å². The van der Waals surface area contributed by atoms with Gasteiger partial charge < -0.3 is 10.2 Å². The summed E-state index contributed by atoms with van der Waals surface area (Å²) in [7, 11) is -3.65. The first-order valence-corrected chi connectivity index (χ1v) is 9.37. The smallest absolute Gasteiger partial charge is 0.286 e. The molecule has 2 aliphatic heterocycles. The number of hydrogen-bond donors (Lipinski definition) is 1. The van der Waals surface area contributed by atoms with Crippen LogP contribution in [0.25, 0.3) is 0 Å². The van der Waals surface area contributed by atoms with Crippen molar-refractivity contribution in [1.82, 2.24) is 4.90 Å². The van der Waals surface area contributed by atoms with Gasteiger partial charge in [-0.3, -0.25) is 4.79 Å². The van der Waals surface area contributed by atoms with Crippen LogP contribution >= 0.6 is 0 Å². The van der Waals surface area contributed by atoms with Gasteiger partial charge in [-0.25, -0.2) is 0 Å². The number of fused-ring (bicyclic) bond motifs is 1. The molecule has 0 radical (unpaired) electrons. The highest BCUT2D eigenvalue weighted by molar-refractivity contribution is 7.90. The van der Waals surface area contributed by atoms with Crippen LogP contribution in [0.5, 0.6) is 0 Å². The third kappa shape index (κ3) is 3.55. The second kappa shape index (κ2) is 6.31. The molecule has 0 aromatic heterocycles. The van der Waals surface area contributed by atoms with Gasteiger partial charge in [-0.15, -0.1) is 4.40 Å². The normalized spacial score (nSPS) is 20.4. The zero-order valence-electron chi connectivity index (χ0n) is 13.2. The number of nitrogens with one attached hydrogen (secondary N) is 1. The van der Waals surface area contributed by atoms with E-state index in [1.165, 1.54) is 6.07 Å². The third-order valence-electron chi connectivity index (χ3n) is 4.20. The molecule has 2 heterocycles. The molecule has 124 valence electrons. The summed E-state index contributed by atoms with van der Waals surface area (Å²) in [4.78, 5) is 14.3. The minimum Gasteiger partial charge on any atom is -0.343 e. The van der Waals surface area contributed by atoms with Crippen LogP contribution in [0.3, 0.4) is 0 Å². The Labute approximate surface area is 136 Å². The van der Waals surface area contributed by atoms with Gasteiger partial charge in [0.15, 0.2) is 0 Å². The molecule has 1 aromatic rings. The number of para-hydroxylation sites is 1. The largest absolute Gasteiger partial charge is 0.343 e. The van der Waals surface area contributed by atoms with Crippen LogP contribution in [0.15, 0.2) is 33.6 Å². The van der Waals surface area contributed by atoms with Crippen LogP contribution < -0.4 is 5.32 Å². The van der Waals surface area contributed by atoms with Crippen molar-refractivity contribution < 1.29 is 13.2 Å². The molecule has 0 aliphatic carbocycles. The van der Waals surface area contributed by atoms with Crippen molar-refractivity contribution in [2.24, 2.45) is 10.3 Å². The Balaban J connectivity index is 1.66. The molecule has 6 nitrogen and oxygen atoms in total. The lowest BCUT2D eigenvalue weighted by Gasteiger charge is -2.21. The summed E-state index contributed by atoms with van der Waals surface area (Å²) in [5.41, 5.74) is 0.551. The maximum absolute atomic E-state index is 12.2. The van der Waals surface area contributed by atoms with E-state index in [0.29, 0.717) is 24.4 Å². The Morgan fingerprint density at radius 1 is 1.30 bits per heavy atom. The van der Waals surface area contributed by atoms with Crippen molar-refractivity contribution in [3.8, 4) is 0 Å². The van der Waals surface area contributed by atoms with Crippen LogP contribution in [0.1, 0.15) is 32.6 Å². The number of anilines is 1. The van der Waals surface area contributed by atoms with Crippen molar-refractivity contribution in [2.45, 2.75) is 37.5 Å². The van der Waals surface area contributed by atoms with Gasteiger partial charge >= 0.3 is 0 Å². The Kier molecular flexibility index (Phi) is 4.39. The van der Waals surface area contributed by atoms with E-state index in [-0.39, 0.29) is 16.7 Å². The van der Waals surface area contributed by atoms with Crippen LogP contribution in [0.4, 0.5) is 5.69 Å². The van der Waals surface area contributed by atoms with Crippen molar-refractivity contribution in [3.05, 3.63) is 24.3 Å². The van der Waals surface area contributed by atoms with E-state index in [0.717, 1.165) is 25.9 Å². The predicted molar refractivity (Wildman–Crippen MR) is 88.9 cm³/mol. The summed E-state index contributed by atoms with van der Waals surface area (Å²) in [6.45, 7) is 3.63. The molecule has 1 saturated heterocycles. The topological polar surface area (TPSA) is 78.8 Å². The molecule has 1 aromatic carbocycles. The maximum atomic E-state index is 12.2. The SMILES string of the molecule is C[C@@H](CC(=O)N1CCCC1)CC1=NS(=O)(=O)c2ccccc2N1. The van der Waals surface area contributed by atoms with E-state index in [1.54, 1.807) is 18.2 Å². The molecule has 0 saturated carbocycles. The van der Waals surface area contributed by atoms with Crippen LogP contribution in [0.2, 0.25) is 0 Å². The van der Waals surface area contributed by atoms with E-state index < -0.39 is 10.0 Å². The molecule has 3 rings (SSSR count). The Bertz CT molecular complexity index is 737. The molecule has 1 atom stereocenters. The maximum Gasteiger partial charge on any atom is 0.286 e. The lowest BCUT2D eigenvalue weighted by atomic mass is 10.0. The number of benzene rings is 1. The van der Waals surface area contributed by atoms with Gasteiger partial charge in [0.2, 0.25) is 5.91 Å². The van der Waals surface area contributed by atoms with Gasteiger partial charge in [0.05, 0.1) is 5.69 Å². The third-order valence-corrected chi connectivity index (χ3v) is 5.57. The molecular weight excluding hydrogens is 314 g/mol. The van der Waals surface area contributed by atoms with Gasteiger partial charge in [0, 0.05) is 25.9 Å². The summed E-state index contributed by atoms with van der Waals surface area (Å²) in [5, 5.41) is 3.07. The molecule has 1 N–H and O–H groups in total. The van der Waals surface area contributed by atoms with Crippen molar-refractivity contribution in [1.29, 1.82) is 0 Å². The fraction of sp³-hybridized carbons (Fsp3) is 0.500. The zero-order chi connectivity index (χ0) is 16.4. The second-order valence-corrected chi connectivity index (χ2v) is 7.81. The van der Waals surface area contributed by atoms with Crippen molar-refractivity contribution in [3.63, 3.8) is 0 Å². The monoisotopic (exact) mass is 335 g/mol. The standard InChI is InChI=1S/C16H21N3O3S/c1-12(11-16(20)19-8-4-5-9-19)10-15-17-13-6-2-3-7-14(13)23(21,22)18-15/h2-3,6-7,12H,4-5,8-11H2,1H3,(H,17,18)/t12-/m1/s1. The molecule has 7 heteroatoms. The van der Waals surface area contributed by atoms with Gasteiger partial charge in [0.25, 0.3) is 10.0 Å². The number of hydrogen-bond acceptors (Lipinski definition) is 4. The fourth-order valence-electron chi connectivity index (χ4n) is 3.05. The summed E-state index contributed by atoms with van der Waals surface area (Å²) in [5.74, 6) is 0.593. The second-order valence-electron chi connectivity index (χ2n) is 6.24. The average molecular weight is 335 g/mol. The number of rotatable bonds is 4. The fourth-order valence-corrected chi connectivity index (χ4v) is 4.21. The first kappa shape index (κ1) is 16.0. The van der Waals surface area contributed by atoms with E-state index in [2.05, 4.69) is 9.71 Å². The average Bonchev–Trinajstić information content (AvgIpc) is 3.00. The Morgan fingerprint density at radius 3 is 2.74 bits per heavy atom. The highest BCUT2D eigenvalue weighted by Gasteiger charge is 2.26. The predicted octanol–water partition coefficient (Wildman–Crippen LogP) is 2.24. The number of nitrogens with zero attached hydrogens (tertiary/aromatic N) is 2. The van der Waals surface area contributed by atoms with Crippen molar-refractivity contribution in [2.75, 3.05) is 18.4 Å². The van der Waals surface area contributed by atoms with Gasteiger partial charge in [-0.1, -0.05) is 19.1 Å². The number of sulfonamides is 1. The number of carbonyl (C=O) groups excluding carboxylic acids is 1. The van der Waals surface area contributed by atoms with E-state index >= 15 is 0 Å². The minimum atomic E-state index is -3.65. The molecule has 2 aliphatic rings. The van der Waals surface area contributed by atoms with Crippen molar-refractivity contribution >= 4 is 27.5 Å². The Morgan fingerprint density at radius 2 is 2.00 bits per heavy atom.